The quantitative estimate of drug-likeness (QED) is 0.919. The van der Waals surface area contributed by atoms with Crippen molar-refractivity contribution in [1.29, 1.82) is 0 Å². The normalized spacial score (nSPS) is 20.4. The van der Waals surface area contributed by atoms with Crippen LogP contribution < -0.4 is 5.73 Å². The standard InChI is InChI=1S/C17H23F3N2O/c1-12(13-5-7-14(8-6-13)17(18,19)20)10-16(23)22-9-3-2-4-15(22)11-21/h5-8,12,15H,2-4,9-11,21H2,1H3. The van der Waals surface area contributed by atoms with Crippen LogP contribution in [0.4, 0.5) is 13.2 Å². The van der Waals surface area contributed by atoms with Crippen molar-refractivity contribution in [2.45, 2.75) is 50.7 Å². The van der Waals surface area contributed by atoms with Gasteiger partial charge >= 0.3 is 6.18 Å². The molecule has 0 saturated carbocycles. The van der Waals surface area contributed by atoms with Gasteiger partial charge in [0.15, 0.2) is 0 Å². The molecular formula is C17H23F3N2O. The van der Waals surface area contributed by atoms with Gasteiger partial charge in [-0.05, 0) is 42.9 Å². The third-order valence-corrected chi connectivity index (χ3v) is 4.51. The summed E-state index contributed by atoms with van der Waals surface area (Å²) in [5.74, 6) is -0.0855. The van der Waals surface area contributed by atoms with Crippen LogP contribution in [-0.2, 0) is 11.0 Å². The molecule has 2 atom stereocenters. The van der Waals surface area contributed by atoms with E-state index in [4.69, 9.17) is 5.73 Å². The molecule has 2 rings (SSSR count). The summed E-state index contributed by atoms with van der Waals surface area (Å²) >= 11 is 0. The van der Waals surface area contributed by atoms with Crippen molar-refractivity contribution >= 4 is 5.91 Å². The Labute approximate surface area is 134 Å². The summed E-state index contributed by atoms with van der Waals surface area (Å²) in [7, 11) is 0. The molecule has 2 N–H and O–H groups in total. The van der Waals surface area contributed by atoms with E-state index in [0.29, 0.717) is 13.0 Å². The predicted octanol–water partition coefficient (Wildman–Crippen LogP) is 3.54. The summed E-state index contributed by atoms with van der Waals surface area (Å²) in [6, 6.07) is 5.14. The van der Waals surface area contributed by atoms with Crippen LogP contribution in [0.15, 0.2) is 24.3 Å². The van der Waals surface area contributed by atoms with Gasteiger partial charge in [0.1, 0.15) is 0 Å². The van der Waals surface area contributed by atoms with Crippen LogP contribution in [0.1, 0.15) is 49.7 Å². The van der Waals surface area contributed by atoms with E-state index >= 15 is 0 Å². The fraction of sp³-hybridized carbons (Fsp3) is 0.588. The molecular weight excluding hydrogens is 305 g/mol. The summed E-state index contributed by atoms with van der Waals surface area (Å²) < 4.78 is 37.7. The molecule has 1 aliphatic heterocycles. The van der Waals surface area contributed by atoms with Crippen LogP contribution in [0.3, 0.4) is 0 Å². The average molecular weight is 328 g/mol. The van der Waals surface area contributed by atoms with Crippen molar-refractivity contribution < 1.29 is 18.0 Å². The fourth-order valence-electron chi connectivity index (χ4n) is 3.07. The van der Waals surface area contributed by atoms with Crippen molar-refractivity contribution in [2.75, 3.05) is 13.1 Å². The van der Waals surface area contributed by atoms with Crippen LogP contribution >= 0.6 is 0 Å². The number of nitrogens with two attached hydrogens (primary N) is 1. The second-order valence-corrected chi connectivity index (χ2v) is 6.20. The molecule has 1 saturated heterocycles. The van der Waals surface area contributed by atoms with E-state index in [2.05, 4.69) is 0 Å². The Kier molecular flexibility index (Phi) is 5.68. The largest absolute Gasteiger partial charge is 0.416 e. The zero-order valence-electron chi connectivity index (χ0n) is 13.3. The van der Waals surface area contributed by atoms with Crippen LogP contribution in [0.25, 0.3) is 0 Å². The van der Waals surface area contributed by atoms with Gasteiger partial charge in [0.25, 0.3) is 0 Å². The molecule has 2 unspecified atom stereocenters. The molecule has 1 aromatic carbocycles. The van der Waals surface area contributed by atoms with Crippen LogP contribution in [-0.4, -0.2) is 29.9 Å². The topological polar surface area (TPSA) is 46.3 Å². The average Bonchev–Trinajstić information content (AvgIpc) is 2.54. The Bertz CT molecular complexity index is 528. The number of carbonyl (C=O) groups excluding carboxylic acids is 1. The molecule has 128 valence electrons. The number of carbonyl (C=O) groups is 1. The van der Waals surface area contributed by atoms with Gasteiger partial charge in [0.05, 0.1) is 5.56 Å². The summed E-state index contributed by atoms with van der Waals surface area (Å²) in [4.78, 5) is 14.3. The maximum absolute atomic E-state index is 12.6. The molecule has 1 aromatic rings. The minimum atomic E-state index is -4.33. The van der Waals surface area contributed by atoms with Gasteiger partial charge in [0, 0.05) is 25.6 Å². The van der Waals surface area contributed by atoms with Crippen molar-refractivity contribution in [3.8, 4) is 0 Å². The Morgan fingerprint density at radius 1 is 1.30 bits per heavy atom. The minimum absolute atomic E-state index is 0.0348. The molecule has 0 bridgehead atoms. The number of hydrogen-bond acceptors (Lipinski definition) is 2. The van der Waals surface area contributed by atoms with Crippen molar-refractivity contribution in [3.05, 3.63) is 35.4 Å². The minimum Gasteiger partial charge on any atom is -0.338 e. The van der Waals surface area contributed by atoms with Gasteiger partial charge in [-0.15, -0.1) is 0 Å². The van der Waals surface area contributed by atoms with Crippen LogP contribution in [0, 0.1) is 0 Å². The van der Waals surface area contributed by atoms with Gasteiger partial charge in [0.2, 0.25) is 5.91 Å². The monoisotopic (exact) mass is 328 g/mol. The number of likely N-dealkylation sites (tertiary alicyclic amines) is 1. The lowest BCUT2D eigenvalue weighted by molar-refractivity contribution is -0.138. The SMILES string of the molecule is CC(CC(=O)N1CCCCC1CN)c1ccc(C(F)(F)F)cc1. The number of amides is 1. The zero-order chi connectivity index (χ0) is 17.0. The van der Waals surface area contributed by atoms with Gasteiger partial charge in [-0.3, -0.25) is 4.79 Å². The lowest BCUT2D eigenvalue weighted by Crippen LogP contribution is -2.47. The van der Waals surface area contributed by atoms with Gasteiger partial charge in [-0.2, -0.15) is 13.2 Å². The highest BCUT2D eigenvalue weighted by atomic mass is 19.4. The molecule has 0 aliphatic carbocycles. The molecule has 6 heteroatoms. The first-order chi connectivity index (χ1) is 10.8. The summed E-state index contributed by atoms with van der Waals surface area (Å²) in [5, 5.41) is 0. The van der Waals surface area contributed by atoms with Crippen LogP contribution in [0.5, 0.6) is 0 Å². The third-order valence-electron chi connectivity index (χ3n) is 4.51. The maximum atomic E-state index is 12.6. The lowest BCUT2D eigenvalue weighted by Gasteiger charge is -2.35. The van der Waals surface area contributed by atoms with E-state index in [0.717, 1.165) is 43.5 Å². The summed E-state index contributed by atoms with van der Waals surface area (Å²) in [6.07, 6.45) is -1.05. The first-order valence-electron chi connectivity index (χ1n) is 7.99. The van der Waals surface area contributed by atoms with Crippen LogP contribution in [0.2, 0.25) is 0 Å². The maximum Gasteiger partial charge on any atom is 0.416 e. The Hall–Kier alpha value is -1.56. The molecule has 0 spiro atoms. The van der Waals surface area contributed by atoms with E-state index in [1.165, 1.54) is 12.1 Å². The van der Waals surface area contributed by atoms with Gasteiger partial charge < -0.3 is 10.6 Å². The second-order valence-electron chi connectivity index (χ2n) is 6.20. The highest BCUT2D eigenvalue weighted by molar-refractivity contribution is 5.77. The third kappa shape index (κ3) is 4.47. The molecule has 3 nitrogen and oxygen atoms in total. The number of piperidine rings is 1. The number of hydrogen-bond donors (Lipinski definition) is 1. The molecule has 1 heterocycles. The van der Waals surface area contributed by atoms with Crippen molar-refractivity contribution in [1.82, 2.24) is 4.90 Å². The van der Waals surface area contributed by atoms with Gasteiger partial charge in [-0.1, -0.05) is 19.1 Å². The number of alkyl halides is 3. The molecule has 23 heavy (non-hydrogen) atoms. The van der Waals surface area contributed by atoms with E-state index < -0.39 is 11.7 Å². The van der Waals surface area contributed by atoms with Gasteiger partial charge in [-0.25, -0.2) is 0 Å². The van der Waals surface area contributed by atoms with E-state index in [1.807, 2.05) is 11.8 Å². The number of rotatable bonds is 4. The predicted molar refractivity (Wildman–Crippen MR) is 82.9 cm³/mol. The highest BCUT2D eigenvalue weighted by Gasteiger charge is 2.30. The Morgan fingerprint density at radius 3 is 2.52 bits per heavy atom. The Morgan fingerprint density at radius 2 is 1.96 bits per heavy atom. The first-order valence-corrected chi connectivity index (χ1v) is 7.99. The van der Waals surface area contributed by atoms with Crippen molar-refractivity contribution in [2.24, 2.45) is 5.73 Å². The number of benzene rings is 1. The van der Waals surface area contributed by atoms with E-state index in [9.17, 15) is 18.0 Å². The van der Waals surface area contributed by atoms with E-state index in [1.54, 1.807) is 0 Å². The number of nitrogens with zero attached hydrogens (tertiary/aromatic N) is 1. The summed E-state index contributed by atoms with van der Waals surface area (Å²) in [6.45, 7) is 3.04. The van der Waals surface area contributed by atoms with Crippen molar-refractivity contribution in [3.63, 3.8) is 0 Å². The zero-order valence-corrected chi connectivity index (χ0v) is 13.3. The van der Waals surface area contributed by atoms with E-state index in [-0.39, 0.29) is 17.9 Å². The Balaban J connectivity index is 2.00. The first kappa shape index (κ1) is 17.8. The smallest absolute Gasteiger partial charge is 0.338 e. The second kappa shape index (κ2) is 7.34. The molecule has 0 radical (unpaired) electrons. The number of halogens is 3. The highest BCUT2D eigenvalue weighted by Crippen LogP contribution is 2.31. The molecule has 0 aromatic heterocycles. The molecule has 1 fully saturated rings. The molecule has 1 amide bonds. The lowest BCUT2D eigenvalue weighted by atomic mass is 9.94. The fourth-order valence-corrected chi connectivity index (χ4v) is 3.07. The molecule has 1 aliphatic rings. The summed E-state index contributed by atoms with van der Waals surface area (Å²) in [5.41, 5.74) is 5.81.